The van der Waals surface area contributed by atoms with Gasteiger partial charge in [-0.25, -0.2) is 0 Å². The highest BCUT2D eigenvalue weighted by molar-refractivity contribution is 6.20. The topological polar surface area (TPSA) is 9.23 Å². The molecule has 0 N–H and O–H groups in total. The van der Waals surface area contributed by atoms with Gasteiger partial charge in [-0.15, -0.1) is 11.6 Å². The maximum atomic E-state index is 6.15. The van der Waals surface area contributed by atoms with Gasteiger partial charge in [0.15, 0.2) is 0 Å². The Balaban J connectivity index is 2.33. The molecule has 0 aromatic rings. The summed E-state index contributed by atoms with van der Waals surface area (Å²) in [7, 11) is 0. The summed E-state index contributed by atoms with van der Waals surface area (Å²) in [5, 5.41) is 0.362. The van der Waals surface area contributed by atoms with Crippen LogP contribution in [0.4, 0.5) is 0 Å². The zero-order valence-electron chi connectivity index (χ0n) is 7.35. The number of rotatable bonds is 2. The van der Waals surface area contributed by atoms with Gasteiger partial charge in [0.05, 0.1) is 6.10 Å². The molecule has 3 atom stereocenters. The van der Waals surface area contributed by atoms with E-state index in [0.29, 0.717) is 17.4 Å². The molecule has 1 saturated heterocycles. The van der Waals surface area contributed by atoms with E-state index in [4.69, 9.17) is 16.3 Å². The van der Waals surface area contributed by atoms with Gasteiger partial charge >= 0.3 is 0 Å². The highest BCUT2D eigenvalue weighted by Crippen LogP contribution is 2.27. The number of hydrogen-bond acceptors (Lipinski definition) is 1. The lowest BCUT2D eigenvalue weighted by Crippen LogP contribution is -2.28. The van der Waals surface area contributed by atoms with Crippen molar-refractivity contribution in [2.24, 2.45) is 5.92 Å². The second-order valence-electron chi connectivity index (χ2n) is 3.39. The molecule has 0 bridgehead atoms. The lowest BCUT2D eigenvalue weighted by Gasteiger charge is -2.29. The number of halogens is 1. The molecule has 1 nitrogen and oxygen atoms in total. The molecule has 2 heteroatoms. The SMILES string of the molecule is CCC(Cl)C1CCOC(C)C1. The molecule has 1 aliphatic heterocycles. The average molecular weight is 177 g/mol. The summed E-state index contributed by atoms with van der Waals surface area (Å²) in [5.74, 6) is 0.686. The number of ether oxygens (including phenoxy) is 1. The van der Waals surface area contributed by atoms with Crippen LogP contribution in [0.1, 0.15) is 33.1 Å². The standard InChI is InChI=1S/C9H17ClO/c1-3-9(10)8-4-5-11-7(2)6-8/h7-9H,3-6H2,1-2H3. The fraction of sp³-hybridized carbons (Fsp3) is 1.00. The maximum absolute atomic E-state index is 6.15. The van der Waals surface area contributed by atoms with Crippen molar-refractivity contribution < 1.29 is 4.74 Å². The summed E-state index contributed by atoms with van der Waals surface area (Å²) in [4.78, 5) is 0. The molecule has 0 radical (unpaired) electrons. The molecule has 0 spiro atoms. The fourth-order valence-electron chi connectivity index (χ4n) is 1.69. The second-order valence-corrected chi connectivity index (χ2v) is 3.95. The highest BCUT2D eigenvalue weighted by atomic mass is 35.5. The predicted molar refractivity (Wildman–Crippen MR) is 48.1 cm³/mol. The van der Waals surface area contributed by atoms with E-state index >= 15 is 0 Å². The molecule has 0 amide bonds. The minimum atomic E-state index is 0.362. The van der Waals surface area contributed by atoms with E-state index in [1.165, 1.54) is 0 Å². The Hall–Kier alpha value is 0.250. The molecule has 1 aliphatic rings. The van der Waals surface area contributed by atoms with Crippen molar-refractivity contribution in [1.29, 1.82) is 0 Å². The predicted octanol–water partition coefficient (Wildman–Crippen LogP) is 2.82. The van der Waals surface area contributed by atoms with Crippen molar-refractivity contribution >= 4 is 11.6 Å². The van der Waals surface area contributed by atoms with Gasteiger partial charge in [-0.2, -0.15) is 0 Å². The Morgan fingerprint density at radius 1 is 1.64 bits per heavy atom. The first-order chi connectivity index (χ1) is 5.24. The first kappa shape index (κ1) is 9.34. The normalized spacial score (nSPS) is 35.2. The maximum Gasteiger partial charge on any atom is 0.0550 e. The molecular formula is C9H17ClO. The summed E-state index contributed by atoms with van der Waals surface area (Å²) in [5.41, 5.74) is 0. The van der Waals surface area contributed by atoms with Crippen LogP contribution in [0.15, 0.2) is 0 Å². The molecule has 0 aromatic heterocycles. The van der Waals surface area contributed by atoms with Crippen LogP contribution in [0.5, 0.6) is 0 Å². The average Bonchev–Trinajstić information content (AvgIpc) is 2.03. The monoisotopic (exact) mass is 176 g/mol. The van der Waals surface area contributed by atoms with Gasteiger partial charge < -0.3 is 4.74 Å². The van der Waals surface area contributed by atoms with Crippen LogP contribution < -0.4 is 0 Å². The Morgan fingerprint density at radius 2 is 2.36 bits per heavy atom. The van der Waals surface area contributed by atoms with Crippen LogP contribution in [-0.2, 0) is 4.74 Å². The van der Waals surface area contributed by atoms with Gasteiger partial charge in [-0.1, -0.05) is 6.92 Å². The van der Waals surface area contributed by atoms with E-state index in [9.17, 15) is 0 Å². The van der Waals surface area contributed by atoms with Crippen LogP contribution >= 0.6 is 11.6 Å². The van der Waals surface area contributed by atoms with Crippen LogP contribution in [0.2, 0.25) is 0 Å². The Morgan fingerprint density at radius 3 is 2.91 bits per heavy atom. The van der Waals surface area contributed by atoms with Crippen molar-refractivity contribution in [3.8, 4) is 0 Å². The van der Waals surface area contributed by atoms with E-state index < -0.39 is 0 Å². The van der Waals surface area contributed by atoms with E-state index in [-0.39, 0.29) is 0 Å². The summed E-state index contributed by atoms with van der Waals surface area (Å²) < 4.78 is 5.44. The Bertz CT molecular complexity index is 116. The largest absolute Gasteiger partial charge is 0.378 e. The summed E-state index contributed by atoms with van der Waals surface area (Å²) in [6.07, 6.45) is 3.79. The van der Waals surface area contributed by atoms with Gasteiger partial charge in [0.1, 0.15) is 0 Å². The number of alkyl halides is 1. The summed E-state index contributed by atoms with van der Waals surface area (Å²) in [6, 6.07) is 0. The minimum Gasteiger partial charge on any atom is -0.378 e. The van der Waals surface area contributed by atoms with Crippen LogP contribution in [0, 0.1) is 5.92 Å². The zero-order valence-corrected chi connectivity index (χ0v) is 8.10. The minimum absolute atomic E-state index is 0.362. The smallest absolute Gasteiger partial charge is 0.0550 e. The quantitative estimate of drug-likeness (QED) is 0.588. The molecule has 1 rings (SSSR count). The molecule has 3 unspecified atom stereocenters. The first-order valence-corrected chi connectivity index (χ1v) is 4.93. The van der Waals surface area contributed by atoms with E-state index in [0.717, 1.165) is 25.9 Å². The van der Waals surface area contributed by atoms with Gasteiger partial charge in [-0.05, 0) is 32.1 Å². The first-order valence-electron chi connectivity index (χ1n) is 4.49. The zero-order chi connectivity index (χ0) is 8.27. The highest BCUT2D eigenvalue weighted by Gasteiger charge is 2.24. The Kier molecular flexibility index (Phi) is 3.67. The van der Waals surface area contributed by atoms with Crippen molar-refractivity contribution in [3.05, 3.63) is 0 Å². The van der Waals surface area contributed by atoms with Crippen LogP contribution in [0.25, 0.3) is 0 Å². The van der Waals surface area contributed by atoms with E-state index in [2.05, 4.69) is 13.8 Å². The number of hydrogen-bond donors (Lipinski definition) is 0. The lowest BCUT2D eigenvalue weighted by atomic mass is 9.92. The van der Waals surface area contributed by atoms with Crippen LogP contribution in [0.3, 0.4) is 0 Å². The van der Waals surface area contributed by atoms with Gasteiger partial charge in [0.25, 0.3) is 0 Å². The van der Waals surface area contributed by atoms with Crippen LogP contribution in [-0.4, -0.2) is 18.1 Å². The van der Waals surface area contributed by atoms with Gasteiger partial charge in [0.2, 0.25) is 0 Å². The van der Waals surface area contributed by atoms with Crippen molar-refractivity contribution in [1.82, 2.24) is 0 Å². The van der Waals surface area contributed by atoms with E-state index in [1.54, 1.807) is 0 Å². The second kappa shape index (κ2) is 4.32. The molecule has 0 saturated carbocycles. The third kappa shape index (κ3) is 2.64. The third-order valence-electron chi connectivity index (χ3n) is 2.43. The van der Waals surface area contributed by atoms with E-state index in [1.807, 2.05) is 0 Å². The van der Waals surface area contributed by atoms with Gasteiger partial charge in [0, 0.05) is 12.0 Å². The summed E-state index contributed by atoms with van der Waals surface area (Å²) >= 11 is 6.15. The summed E-state index contributed by atoms with van der Waals surface area (Å²) in [6.45, 7) is 5.18. The van der Waals surface area contributed by atoms with Crippen molar-refractivity contribution in [2.45, 2.75) is 44.6 Å². The lowest BCUT2D eigenvalue weighted by molar-refractivity contribution is 0.00166. The molecule has 66 valence electrons. The molecule has 1 heterocycles. The molecule has 0 aliphatic carbocycles. The van der Waals surface area contributed by atoms with Crippen molar-refractivity contribution in [3.63, 3.8) is 0 Å². The van der Waals surface area contributed by atoms with Crippen molar-refractivity contribution in [2.75, 3.05) is 6.61 Å². The molecule has 11 heavy (non-hydrogen) atoms. The molecule has 0 aromatic carbocycles. The van der Waals surface area contributed by atoms with Gasteiger partial charge in [-0.3, -0.25) is 0 Å². The molecule has 1 fully saturated rings. The molecular weight excluding hydrogens is 160 g/mol. The fourth-order valence-corrected chi connectivity index (χ4v) is 1.92. The third-order valence-corrected chi connectivity index (χ3v) is 3.09. The Labute approximate surface area is 74.1 Å².